The third-order valence-electron chi connectivity index (χ3n) is 5.17. The Hall–Kier alpha value is -0.120. The molecular weight excluding hydrogens is 234 g/mol. The smallest absolute Gasteiger partial charge is 0.0210 e. The molecule has 0 bridgehead atoms. The van der Waals surface area contributed by atoms with E-state index in [0.29, 0.717) is 0 Å². The van der Waals surface area contributed by atoms with E-state index in [4.69, 9.17) is 0 Å². The average Bonchev–Trinajstić information content (AvgIpc) is 3.20. The van der Waals surface area contributed by atoms with Crippen LogP contribution in [0.2, 0.25) is 0 Å². The summed E-state index contributed by atoms with van der Waals surface area (Å²) in [6.07, 6.45) is 9.88. The summed E-state index contributed by atoms with van der Waals surface area (Å²) >= 11 is 0. The zero-order valence-corrected chi connectivity index (χ0v) is 12.6. The Morgan fingerprint density at radius 1 is 1.11 bits per heavy atom. The molecule has 3 rings (SSSR count). The quantitative estimate of drug-likeness (QED) is 0.742. The van der Waals surface area contributed by atoms with Crippen molar-refractivity contribution in [2.24, 2.45) is 0 Å². The molecule has 1 saturated carbocycles. The van der Waals surface area contributed by atoms with Gasteiger partial charge in [-0.25, -0.2) is 0 Å². The number of nitrogens with zero attached hydrogens (tertiary/aromatic N) is 2. The molecular formula is C16H31N3. The van der Waals surface area contributed by atoms with E-state index in [0.717, 1.165) is 18.1 Å². The van der Waals surface area contributed by atoms with Crippen LogP contribution in [0.5, 0.6) is 0 Å². The van der Waals surface area contributed by atoms with Gasteiger partial charge in [-0.3, -0.25) is 4.90 Å². The molecule has 2 saturated heterocycles. The van der Waals surface area contributed by atoms with Gasteiger partial charge in [0.1, 0.15) is 0 Å². The van der Waals surface area contributed by atoms with Crippen LogP contribution in [0.4, 0.5) is 0 Å². The molecule has 2 atom stereocenters. The summed E-state index contributed by atoms with van der Waals surface area (Å²) in [6.45, 7) is 8.92. The fourth-order valence-electron chi connectivity index (χ4n) is 3.91. The molecule has 19 heavy (non-hydrogen) atoms. The molecule has 2 heterocycles. The monoisotopic (exact) mass is 265 g/mol. The summed E-state index contributed by atoms with van der Waals surface area (Å²) in [5.74, 6) is 0. The zero-order chi connectivity index (χ0) is 13.1. The summed E-state index contributed by atoms with van der Waals surface area (Å²) in [5.41, 5.74) is 0. The number of rotatable bonds is 6. The summed E-state index contributed by atoms with van der Waals surface area (Å²) in [6, 6.07) is 2.51. The van der Waals surface area contributed by atoms with Crippen molar-refractivity contribution < 1.29 is 0 Å². The second-order valence-corrected chi connectivity index (χ2v) is 6.92. The Bertz CT molecular complexity index is 271. The van der Waals surface area contributed by atoms with E-state index in [-0.39, 0.29) is 0 Å². The van der Waals surface area contributed by atoms with Gasteiger partial charge in [-0.05, 0) is 71.6 Å². The third-order valence-corrected chi connectivity index (χ3v) is 5.17. The molecule has 0 aromatic rings. The predicted molar refractivity (Wildman–Crippen MR) is 80.5 cm³/mol. The standard InChI is InChI=1S/C16H31N3/c1-14-12-15(13-19(14)16-6-7-16)17-8-5-11-18-9-3-2-4-10-18/h14-17H,2-13H2,1H3. The van der Waals surface area contributed by atoms with E-state index in [1.807, 2.05) is 0 Å². The fourth-order valence-corrected chi connectivity index (χ4v) is 3.91. The van der Waals surface area contributed by atoms with Gasteiger partial charge < -0.3 is 10.2 Å². The van der Waals surface area contributed by atoms with Crippen LogP contribution in [0.15, 0.2) is 0 Å². The highest BCUT2D eigenvalue weighted by molar-refractivity contribution is 4.95. The van der Waals surface area contributed by atoms with E-state index < -0.39 is 0 Å². The molecule has 0 spiro atoms. The van der Waals surface area contributed by atoms with Crippen LogP contribution >= 0.6 is 0 Å². The van der Waals surface area contributed by atoms with E-state index >= 15 is 0 Å². The lowest BCUT2D eigenvalue weighted by molar-refractivity contribution is 0.224. The number of hydrogen-bond acceptors (Lipinski definition) is 3. The van der Waals surface area contributed by atoms with Crippen molar-refractivity contribution in [2.45, 2.75) is 70.0 Å². The lowest BCUT2D eigenvalue weighted by Crippen LogP contribution is -2.36. The number of piperidine rings is 1. The van der Waals surface area contributed by atoms with Crippen LogP contribution in [0, 0.1) is 0 Å². The maximum Gasteiger partial charge on any atom is 0.0210 e. The summed E-state index contributed by atoms with van der Waals surface area (Å²) in [4.78, 5) is 5.39. The zero-order valence-electron chi connectivity index (χ0n) is 12.6. The molecule has 0 radical (unpaired) electrons. The summed E-state index contributed by atoms with van der Waals surface area (Å²) in [5, 5.41) is 3.80. The van der Waals surface area contributed by atoms with E-state index in [9.17, 15) is 0 Å². The van der Waals surface area contributed by atoms with Crippen LogP contribution < -0.4 is 5.32 Å². The first-order valence-corrected chi connectivity index (χ1v) is 8.54. The fraction of sp³-hybridized carbons (Fsp3) is 1.00. The maximum atomic E-state index is 3.80. The molecule has 3 nitrogen and oxygen atoms in total. The SMILES string of the molecule is CC1CC(NCCCN2CCCCC2)CN1C1CC1. The Morgan fingerprint density at radius 2 is 1.89 bits per heavy atom. The molecule has 2 aliphatic heterocycles. The van der Waals surface area contributed by atoms with Crippen LogP contribution in [-0.4, -0.2) is 60.6 Å². The first-order chi connectivity index (χ1) is 9.33. The Balaban J connectivity index is 1.28. The second kappa shape index (κ2) is 6.55. The van der Waals surface area contributed by atoms with Gasteiger partial charge in [0.05, 0.1) is 0 Å². The molecule has 1 N–H and O–H groups in total. The van der Waals surface area contributed by atoms with Crippen molar-refractivity contribution in [3.63, 3.8) is 0 Å². The Morgan fingerprint density at radius 3 is 2.63 bits per heavy atom. The highest BCUT2D eigenvalue weighted by Crippen LogP contribution is 2.33. The highest BCUT2D eigenvalue weighted by atomic mass is 15.3. The average molecular weight is 265 g/mol. The van der Waals surface area contributed by atoms with Gasteiger partial charge in [0.25, 0.3) is 0 Å². The topological polar surface area (TPSA) is 18.5 Å². The number of nitrogens with one attached hydrogen (secondary N) is 1. The molecule has 110 valence electrons. The van der Waals surface area contributed by atoms with Gasteiger partial charge in [0.15, 0.2) is 0 Å². The maximum absolute atomic E-state index is 3.80. The number of hydrogen-bond donors (Lipinski definition) is 1. The lowest BCUT2D eigenvalue weighted by Gasteiger charge is -2.26. The normalized spacial score (nSPS) is 33.9. The van der Waals surface area contributed by atoms with Gasteiger partial charge in [-0.15, -0.1) is 0 Å². The van der Waals surface area contributed by atoms with E-state index in [1.54, 1.807) is 0 Å². The Kier molecular flexibility index (Phi) is 4.78. The van der Waals surface area contributed by atoms with Crippen molar-refractivity contribution in [2.75, 3.05) is 32.7 Å². The first-order valence-electron chi connectivity index (χ1n) is 8.54. The summed E-state index contributed by atoms with van der Waals surface area (Å²) in [7, 11) is 0. The highest BCUT2D eigenvalue weighted by Gasteiger charge is 2.38. The largest absolute Gasteiger partial charge is 0.313 e. The van der Waals surface area contributed by atoms with Crippen LogP contribution in [0.25, 0.3) is 0 Å². The molecule has 2 unspecified atom stereocenters. The molecule has 0 aromatic heterocycles. The van der Waals surface area contributed by atoms with Crippen LogP contribution in [0.3, 0.4) is 0 Å². The van der Waals surface area contributed by atoms with Gasteiger partial charge in [0.2, 0.25) is 0 Å². The summed E-state index contributed by atoms with van der Waals surface area (Å²) < 4.78 is 0. The Labute approximate surface area is 118 Å². The minimum Gasteiger partial charge on any atom is -0.313 e. The van der Waals surface area contributed by atoms with Crippen molar-refractivity contribution in [3.05, 3.63) is 0 Å². The molecule has 0 aromatic carbocycles. The first kappa shape index (κ1) is 13.8. The minimum atomic E-state index is 0.761. The van der Waals surface area contributed by atoms with Gasteiger partial charge in [-0.1, -0.05) is 6.42 Å². The van der Waals surface area contributed by atoms with Crippen LogP contribution in [0.1, 0.15) is 51.9 Å². The van der Waals surface area contributed by atoms with E-state index in [1.165, 1.54) is 77.7 Å². The van der Waals surface area contributed by atoms with Crippen molar-refractivity contribution in [1.29, 1.82) is 0 Å². The third kappa shape index (κ3) is 3.93. The minimum absolute atomic E-state index is 0.761. The molecule has 3 heteroatoms. The van der Waals surface area contributed by atoms with Gasteiger partial charge >= 0.3 is 0 Å². The van der Waals surface area contributed by atoms with E-state index in [2.05, 4.69) is 22.0 Å². The molecule has 1 aliphatic carbocycles. The second-order valence-electron chi connectivity index (χ2n) is 6.92. The number of likely N-dealkylation sites (tertiary alicyclic amines) is 2. The van der Waals surface area contributed by atoms with Gasteiger partial charge in [-0.2, -0.15) is 0 Å². The predicted octanol–water partition coefficient (Wildman–Crippen LogP) is 2.08. The molecule has 0 amide bonds. The lowest BCUT2D eigenvalue weighted by atomic mass is 10.1. The van der Waals surface area contributed by atoms with Crippen LogP contribution in [-0.2, 0) is 0 Å². The van der Waals surface area contributed by atoms with Gasteiger partial charge in [0, 0.05) is 24.7 Å². The molecule has 3 fully saturated rings. The van der Waals surface area contributed by atoms with Crippen molar-refractivity contribution in [1.82, 2.24) is 15.1 Å². The van der Waals surface area contributed by atoms with Crippen molar-refractivity contribution in [3.8, 4) is 0 Å². The molecule has 3 aliphatic rings. The van der Waals surface area contributed by atoms with Crippen molar-refractivity contribution >= 4 is 0 Å².